The van der Waals surface area contributed by atoms with Gasteiger partial charge >= 0.3 is 0 Å². The van der Waals surface area contributed by atoms with E-state index in [1.165, 1.54) is 0 Å². The number of rotatable bonds is 2. The van der Waals surface area contributed by atoms with Crippen LogP contribution in [-0.4, -0.2) is 19.7 Å². The number of hydrogen-bond donors (Lipinski definition) is 2. The van der Waals surface area contributed by atoms with Crippen molar-refractivity contribution in [2.24, 2.45) is 0 Å². The molecule has 0 spiro atoms. The molecule has 5 nitrogen and oxygen atoms in total. The van der Waals surface area contributed by atoms with E-state index in [1.807, 2.05) is 54.1 Å². The zero-order valence-corrected chi connectivity index (χ0v) is 18.5. The number of aromatic amines is 2. The largest absolute Gasteiger partial charge is 0.422 e. The monoisotopic (exact) mass is 482 g/mol. The molecule has 8 heteroatoms. The van der Waals surface area contributed by atoms with E-state index < -0.39 is 0 Å². The number of aryl methyl sites for hydroxylation is 1. The molecular formula is C21H15BrN4OS2. The molecule has 29 heavy (non-hydrogen) atoms. The highest BCUT2D eigenvalue weighted by molar-refractivity contribution is 9.10. The summed E-state index contributed by atoms with van der Waals surface area (Å²) in [4.78, 5) is 6.19. The van der Waals surface area contributed by atoms with E-state index in [0.717, 1.165) is 32.5 Å². The molecule has 2 aromatic carbocycles. The minimum Gasteiger partial charge on any atom is -0.422 e. The predicted molar refractivity (Wildman–Crippen MR) is 120 cm³/mol. The van der Waals surface area contributed by atoms with E-state index in [2.05, 4.69) is 38.0 Å². The van der Waals surface area contributed by atoms with E-state index in [1.54, 1.807) is 0 Å². The Morgan fingerprint density at radius 2 is 1.83 bits per heavy atom. The Bertz CT molecular complexity index is 1360. The van der Waals surface area contributed by atoms with Gasteiger partial charge in [0.15, 0.2) is 4.77 Å². The van der Waals surface area contributed by atoms with Gasteiger partial charge in [0.1, 0.15) is 4.64 Å². The zero-order valence-electron chi connectivity index (χ0n) is 15.3. The van der Waals surface area contributed by atoms with E-state index in [4.69, 9.17) is 34.3 Å². The quantitative estimate of drug-likeness (QED) is 0.288. The minimum absolute atomic E-state index is 0.140. The van der Waals surface area contributed by atoms with Crippen LogP contribution in [0.3, 0.4) is 0 Å². The number of nitrogens with one attached hydrogen (secondary N) is 2. The summed E-state index contributed by atoms with van der Waals surface area (Å²) in [6.45, 7) is 2.00. The minimum atomic E-state index is -0.140. The first-order valence-corrected chi connectivity index (χ1v) is 10.6. The lowest BCUT2D eigenvalue weighted by molar-refractivity contribution is 0.401. The van der Waals surface area contributed by atoms with Crippen LogP contribution in [0, 0.1) is 16.3 Å². The van der Waals surface area contributed by atoms with Crippen molar-refractivity contribution >= 4 is 40.4 Å². The zero-order chi connectivity index (χ0) is 20.1. The highest BCUT2D eigenvalue weighted by atomic mass is 79.9. The fourth-order valence-corrected chi connectivity index (χ4v) is 4.76. The Balaban J connectivity index is 1.84. The smallest absolute Gasteiger partial charge is 0.229 e. The summed E-state index contributed by atoms with van der Waals surface area (Å²) in [6.07, 6.45) is 0. The molecule has 0 bridgehead atoms. The fraction of sp³-hybridized carbons (Fsp3) is 0.0952. The Hall–Kier alpha value is -2.55. The molecule has 1 aliphatic rings. The molecule has 4 aromatic rings. The van der Waals surface area contributed by atoms with Crippen molar-refractivity contribution in [2.75, 3.05) is 0 Å². The molecule has 0 amide bonds. The van der Waals surface area contributed by atoms with Crippen molar-refractivity contribution in [3.05, 3.63) is 90.9 Å². The molecule has 3 heterocycles. The van der Waals surface area contributed by atoms with Gasteiger partial charge in [-0.2, -0.15) is 5.10 Å². The molecule has 0 aliphatic carbocycles. The number of halogens is 1. The van der Waals surface area contributed by atoms with Gasteiger partial charge in [-0.25, -0.2) is 4.68 Å². The van der Waals surface area contributed by atoms with E-state index in [0.29, 0.717) is 21.2 Å². The second-order valence-corrected chi connectivity index (χ2v) is 8.52. The van der Waals surface area contributed by atoms with Gasteiger partial charge in [0.05, 0.1) is 22.5 Å². The van der Waals surface area contributed by atoms with Crippen LogP contribution in [0.1, 0.15) is 28.3 Å². The maximum absolute atomic E-state index is 6.31. The van der Waals surface area contributed by atoms with Crippen LogP contribution in [0.15, 0.2) is 59.1 Å². The Kier molecular flexibility index (Phi) is 4.49. The summed E-state index contributed by atoms with van der Waals surface area (Å²) >= 11 is 14.5. The van der Waals surface area contributed by atoms with Crippen LogP contribution >= 0.6 is 40.4 Å². The molecule has 1 atom stereocenters. The van der Waals surface area contributed by atoms with Gasteiger partial charge in [-0.3, -0.25) is 0 Å². The number of aromatic nitrogens is 4. The van der Waals surface area contributed by atoms with Crippen LogP contribution in [0.2, 0.25) is 0 Å². The SMILES string of the molecule is Cc1nn(-c2ccccc2)c2c1C(c1cccc(Br)c1)c1c([nH]c(=S)[nH]c1=S)O2. The number of ether oxygens (including phenoxy) is 1. The van der Waals surface area contributed by atoms with Crippen molar-refractivity contribution in [2.45, 2.75) is 12.8 Å². The standard InChI is InChI=1S/C21H15BrN4OS2/c1-11-15-16(12-6-5-7-13(22)10-12)17-18(23-21(29)24-19(17)28)27-20(15)26(25-11)14-8-3-2-4-9-14/h2-10,16H,1H3,(H2,23,24,28,29). The second-order valence-electron chi connectivity index (χ2n) is 6.79. The molecule has 144 valence electrons. The molecule has 2 aromatic heterocycles. The van der Waals surface area contributed by atoms with Crippen molar-refractivity contribution in [3.8, 4) is 17.4 Å². The molecule has 0 fully saturated rings. The topological polar surface area (TPSA) is 58.6 Å². The summed E-state index contributed by atoms with van der Waals surface area (Å²) in [6, 6.07) is 18.1. The van der Waals surface area contributed by atoms with Gasteiger partial charge in [-0.1, -0.05) is 58.5 Å². The number of nitrogens with zero attached hydrogens (tertiary/aromatic N) is 2. The van der Waals surface area contributed by atoms with E-state index in [9.17, 15) is 0 Å². The molecule has 1 aliphatic heterocycles. The maximum atomic E-state index is 6.31. The van der Waals surface area contributed by atoms with Crippen molar-refractivity contribution in [3.63, 3.8) is 0 Å². The van der Waals surface area contributed by atoms with Crippen LogP contribution in [0.4, 0.5) is 0 Å². The van der Waals surface area contributed by atoms with Gasteiger partial charge < -0.3 is 14.7 Å². The van der Waals surface area contributed by atoms with E-state index in [-0.39, 0.29) is 5.92 Å². The first-order chi connectivity index (χ1) is 14.0. The highest BCUT2D eigenvalue weighted by Gasteiger charge is 2.36. The third-order valence-corrected chi connectivity index (χ3v) is 5.98. The Labute approximate surface area is 185 Å². The second kappa shape index (κ2) is 7.05. The summed E-state index contributed by atoms with van der Waals surface area (Å²) in [5, 5.41) is 4.79. The fourth-order valence-electron chi connectivity index (χ4n) is 3.77. The highest BCUT2D eigenvalue weighted by Crippen LogP contribution is 2.48. The summed E-state index contributed by atoms with van der Waals surface area (Å²) < 4.78 is 10.1. The van der Waals surface area contributed by atoms with Crippen LogP contribution in [0.25, 0.3) is 5.69 Å². The molecule has 5 rings (SSSR count). The third-order valence-electron chi connectivity index (χ3n) is 4.96. The molecule has 1 unspecified atom stereocenters. The lowest BCUT2D eigenvalue weighted by atomic mass is 9.85. The first-order valence-electron chi connectivity index (χ1n) is 8.97. The summed E-state index contributed by atoms with van der Waals surface area (Å²) in [5.41, 5.74) is 4.74. The van der Waals surface area contributed by atoms with Crippen LogP contribution < -0.4 is 4.74 Å². The van der Waals surface area contributed by atoms with Gasteiger partial charge in [0, 0.05) is 10.4 Å². The van der Waals surface area contributed by atoms with Crippen molar-refractivity contribution in [1.29, 1.82) is 0 Å². The number of fused-ring (bicyclic) bond motifs is 2. The normalized spacial score (nSPS) is 14.8. The van der Waals surface area contributed by atoms with Gasteiger partial charge in [0.25, 0.3) is 0 Å². The first kappa shape index (κ1) is 18.5. The molecule has 0 saturated heterocycles. The average molecular weight is 483 g/mol. The summed E-state index contributed by atoms with van der Waals surface area (Å²) in [7, 11) is 0. The van der Waals surface area contributed by atoms with E-state index >= 15 is 0 Å². The van der Waals surface area contributed by atoms with Gasteiger partial charge in [0.2, 0.25) is 11.8 Å². The van der Waals surface area contributed by atoms with Gasteiger partial charge in [-0.05, 0) is 49.0 Å². The van der Waals surface area contributed by atoms with Crippen molar-refractivity contribution < 1.29 is 4.74 Å². The molecular weight excluding hydrogens is 468 g/mol. The maximum Gasteiger partial charge on any atom is 0.229 e. The van der Waals surface area contributed by atoms with Crippen LogP contribution in [0.5, 0.6) is 11.8 Å². The molecule has 0 saturated carbocycles. The predicted octanol–water partition coefficient (Wildman–Crippen LogP) is 6.34. The van der Waals surface area contributed by atoms with Crippen LogP contribution in [-0.2, 0) is 0 Å². The number of benzene rings is 2. The molecule has 2 N–H and O–H groups in total. The Morgan fingerprint density at radius 1 is 1.03 bits per heavy atom. The van der Waals surface area contributed by atoms with Gasteiger partial charge in [-0.15, -0.1) is 0 Å². The third kappa shape index (κ3) is 3.08. The Morgan fingerprint density at radius 3 is 2.59 bits per heavy atom. The van der Waals surface area contributed by atoms with Crippen molar-refractivity contribution in [1.82, 2.24) is 19.7 Å². The summed E-state index contributed by atoms with van der Waals surface area (Å²) in [5.74, 6) is 1.07. The number of para-hydroxylation sites is 1. The number of hydrogen-bond acceptors (Lipinski definition) is 4. The average Bonchev–Trinajstić information content (AvgIpc) is 3.03. The lowest BCUT2D eigenvalue weighted by Gasteiger charge is -2.26. The molecule has 0 radical (unpaired) electrons. The number of H-pyrrole nitrogens is 2. The lowest BCUT2D eigenvalue weighted by Crippen LogP contribution is -2.15.